The van der Waals surface area contributed by atoms with E-state index in [4.69, 9.17) is 0 Å². The van der Waals surface area contributed by atoms with Gasteiger partial charge in [-0.15, -0.1) is 0 Å². The molecule has 29 heavy (non-hydrogen) atoms. The number of halogens is 7. The summed E-state index contributed by atoms with van der Waals surface area (Å²) in [4.78, 5) is 6.45. The zero-order chi connectivity index (χ0) is 21.0. The average molecular weight is 418 g/mol. The molecule has 0 bridgehead atoms. The van der Waals surface area contributed by atoms with Crippen LogP contribution in [-0.4, -0.2) is 29.9 Å². The lowest BCUT2D eigenvalue weighted by atomic mass is 9.77. The molecule has 0 amide bonds. The van der Waals surface area contributed by atoms with Crippen molar-refractivity contribution in [2.24, 2.45) is 0 Å². The van der Waals surface area contributed by atoms with E-state index in [0.29, 0.717) is 36.6 Å². The maximum absolute atomic E-state index is 14.4. The second-order valence-electron chi connectivity index (χ2n) is 7.45. The second kappa shape index (κ2) is 6.60. The lowest BCUT2D eigenvalue weighted by molar-refractivity contribution is -0.348. The molecule has 0 saturated carbocycles. The molecular formula is C20H17F7N2. The van der Waals surface area contributed by atoms with Crippen LogP contribution in [0.25, 0.3) is 0 Å². The highest BCUT2D eigenvalue weighted by molar-refractivity contribution is 5.48. The Kier molecular flexibility index (Phi) is 4.55. The van der Waals surface area contributed by atoms with E-state index in [-0.39, 0.29) is 18.4 Å². The van der Waals surface area contributed by atoms with Crippen molar-refractivity contribution in [3.8, 4) is 0 Å². The molecule has 2 heterocycles. The van der Waals surface area contributed by atoms with E-state index in [9.17, 15) is 30.7 Å². The number of hydrogen-bond acceptors (Lipinski definition) is 2. The maximum atomic E-state index is 14.4. The van der Waals surface area contributed by atoms with E-state index in [2.05, 4.69) is 9.88 Å². The molecule has 1 saturated heterocycles. The zero-order valence-corrected chi connectivity index (χ0v) is 15.1. The summed E-state index contributed by atoms with van der Waals surface area (Å²) < 4.78 is 92.8. The van der Waals surface area contributed by atoms with Crippen molar-refractivity contribution < 1.29 is 30.7 Å². The maximum Gasteiger partial charge on any atom is 0.435 e. The largest absolute Gasteiger partial charge is 0.435 e. The SMILES string of the molecule is FC(F)(F)C(F)(c1ccc2c(c1)CCC1C2CCN1c1ccccn1)C(F)(F)F. The van der Waals surface area contributed by atoms with Crippen LogP contribution in [0.2, 0.25) is 0 Å². The molecule has 1 aliphatic carbocycles. The number of alkyl halides is 7. The highest BCUT2D eigenvalue weighted by atomic mass is 19.4. The van der Waals surface area contributed by atoms with Gasteiger partial charge in [-0.3, -0.25) is 0 Å². The number of pyridine rings is 1. The predicted molar refractivity (Wildman–Crippen MR) is 92.4 cm³/mol. The molecular weight excluding hydrogens is 401 g/mol. The summed E-state index contributed by atoms with van der Waals surface area (Å²) in [6, 6.07) is 8.18. The number of fused-ring (bicyclic) bond motifs is 3. The molecule has 2 aromatic rings. The third kappa shape index (κ3) is 3.05. The normalized spacial score (nSPS) is 22.4. The van der Waals surface area contributed by atoms with Crippen molar-refractivity contribution >= 4 is 5.82 Å². The number of hydrogen-bond donors (Lipinski definition) is 0. The van der Waals surface area contributed by atoms with Crippen molar-refractivity contribution in [3.05, 3.63) is 59.3 Å². The summed E-state index contributed by atoms with van der Waals surface area (Å²) in [6.45, 7) is 0.686. The van der Waals surface area contributed by atoms with Crippen LogP contribution in [0.5, 0.6) is 0 Å². The first kappa shape index (κ1) is 20.0. The third-order valence-electron chi connectivity index (χ3n) is 5.92. The Hall–Kier alpha value is -2.32. The Morgan fingerprint density at radius 2 is 1.62 bits per heavy atom. The monoisotopic (exact) mass is 418 g/mol. The molecule has 2 aliphatic rings. The standard InChI is InChI=1S/C20H17F7N2/c21-18(19(22,23)24,20(25,26)27)13-5-6-14-12(11-13)4-7-16-15(14)8-10-29(16)17-3-1-2-9-28-17/h1-3,5-6,9,11,15-16H,4,7-8,10H2. The van der Waals surface area contributed by atoms with Crippen LogP contribution >= 0.6 is 0 Å². The number of nitrogens with zero attached hydrogens (tertiary/aromatic N) is 2. The van der Waals surface area contributed by atoms with Crippen LogP contribution in [0.1, 0.15) is 35.4 Å². The van der Waals surface area contributed by atoms with E-state index in [1.807, 2.05) is 12.1 Å². The summed E-state index contributed by atoms with van der Waals surface area (Å²) in [7, 11) is 0. The Bertz CT molecular complexity index is 878. The summed E-state index contributed by atoms with van der Waals surface area (Å²) in [6.07, 6.45) is -9.00. The van der Waals surface area contributed by atoms with Crippen molar-refractivity contribution in [1.82, 2.24) is 4.98 Å². The van der Waals surface area contributed by atoms with Crippen LogP contribution in [0, 0.1) is 0 Å². The first-order valence-corrected chi connectivity index (χ1v) is 9.17. The topological polar surface area (TPSA) is 16.1 Å². The number of aromatic nitrogens is 1. The van der Waals surface area contributed by atoms with Crippen LogP contribution < -0.4 is 4.90 Å². The fraction of sp³-hybridized carbons (Fsp3) is 0.450. The Labute approximate surface area is 162 Å². The Balaban J connectivity index is 1.69. The van der Waals surface area contributed by atoms with E-state index >= 15 is 0 Å². The molecule has 1 aromatic heterocycles. The molecule has 1 fully saturated rings. The quantitative estimate of drug-likeness (QED) is 0.584. The van der Waals surface area contributed by atoms with Gasteiger partial charge in [-0.2, -0.15) is 26.3 Å². The number of aryl methyl sites for hydroxylation is 1. The smallest absolute Gasteiger partial charge is 0.353 e. The molecule has 0 spiro atoms. The molecule has 2 unspecified atom stereocenters. The first-order chi connectivity index (χ1) is 13.5. The predicted octanol–water partition coefficient (Wildman–Crippen LogP) is 5.68. The molecule has 4 rings (SSSR count). The molecule has 2 atom stereocenters. The number of anilines is 1. The number of benzene rings is 1. The first-order valence-electron chi connectivity index (χ1n) is 9.17. The molecule has 2 nitrogen and oxygen atoms in total. The van der Waals surface area contributed by atoms with Gasteiger partial charge in [0.1, 0.15) is 5.82 Å². The molecule has 1 aromatic carbocycles. The van der Waals surface area contributed by atoms with Crippen LogP contribution in [-0.2, 0) is 12.1 Å². The van der Waals surface area contributed by atoms with Crippen molar-refractivity contribution in [2.45, 2.75) is 49.2 Å². The average Bonchev–Trinajstić information content (AvgIpc) is 3.10. The minimum Gasteiger partial charge on any atom is -0.353 e. The van der Waals surface area contributed by atoms with Crippen molar-refractivity contribution in [1.29, 1.82) is 0 Å². The van der Waals surface area contributed by atoms with Gasteiger partial charge in [0.25, 0.3) is 0 Å². The molecule has 0 radical (unpaired) electrons. The van der Waals surface area contributed by atoms with Gasteiger partial charge in [0.05, 0.1) is 0 Å². The van der Waals surface area contributed by atoms with Gasteiger partial charge >= 0.3 is 18.0 Å². The third-order valence-corrected chi connectivity index (χ3v) is 5.92. The lowest BCUT2D eigenvalue weighted by Gasteiger charge is -2.35. The minimum absolute atomic E-state index is 0.0411. The van der Waals surface area contributed by atoms with E-state index in [1.54, 1.807) is 12.3 Å². The van der Waals surface area contributed by atoms with Crippen molar-refractivity contribution in [3.63, 3.8) is 0 Å². The van der Waals surface area contributed by atoms with Gasteiger partial charge in [-0.25, -0.2) is 9.37 Å². The zero-order valence-electron chi connectivity index (χ0n) is 15.1. The molecule has 156 valence electrons. The Morgan fingerprint density at radius 1 is 0.897 bits per heavy atom. The van der Waals surface area contributed by atoms with Gasteiger partial charge in [-0.05, 0) is 42.5 Å². The number of rotatable bonds is 2. The van der Waals surface area contributed by atoms with E-state index in [1.165, 1.54) is 6.07 Å². The minimum atomic E-state index is -6.10. The van der Waals surface area contributed by atoms with Crippen molar-refractivity contribution in [2.75, 3.05) is 11.4 Å². The summed E-state index contributed by atoms with van der Waals surface area (Å²) in [5.74, 6) is 0.748. The molecule has 0 N–H and O–H groups in total. The Morgan fingerprint density at radius 3 is 2.24 bits per heavy atom. The molecule has 1 aliphatic heterocycles. The van der Waals surface area contributed by atoms with Gasteiger partial charge in [-0.1, -0.05) is 24.3 Å². The highest BCUT2D eigenvalue weighted by Gasteiger charge is 2.73. The van der Waals surface area contributed by atoms with Crippen LogP contribution in [0.4, 0.5) is 36.6 Å². The summed E-state index contributed by atoms with van der Waals surface area (Å²) in [5, 5.41) is 0. The van der Waals surface area contributed by atoms with Gasteiger partial charge in [0.2, 0.25) is 0 Å². The van der Waals surface area contributed by atoms with Gasteiger partial charge in [0.15, 0.2) is 0 Å². The fourth-order valence-corrected chi connectivity index (χ4v) is 4.57. The highest BCUT2D eigenvalue weighted by Crippen LogP contribution is 2.54. The van der Waals surface area contributed by atoms with E-state index < -0.39 is 23.6 Å². The summed E-state index contributed by atoms with van der Waals surface area (Å²) in [5.41, 5.74) is -5.76. The van der Waals surface area contributed by atoms with Crippen LogP contribution in [0.15, 0.2) is 42.6 Å². The van der Waals surface area contributed by atoms with E-state index in [0.717, 1.165) is 11.9 Å². The fourth-order valence-electron chi connectivity index (χ4n) is 4.57. The van der Waals surface area contributed by atoms with Crippen LogP contribution in [0.3, 0.4) is 0 Å². The summed E-state index contributed by atoms with van der Waals surface area (Å²) >= 11 is 0. The van der Waals surface area contributed by atoms with Gasteiger partial charge < -0.3 is 4.90 Å². The second-order valence-corrected chi connectivity index (χ2v) is 7.45. The van der Waals surface area contributed by atoms with Gasteiger partial charge in [0, 0.05) is 30.3 Å². The lowest BCUT2D eigenvalue weighted by Crippen LogP contribution is -2.50. The molecule has 9 heteroatoms.